The molecule has 3 heterocycles. The molecule has 0 spiro atoms. The highest BCUT2D eigenvalue weighted by Gasteiger charge is 2.65. The summed E-state index contributed by atoms with van der Waals surface area (Å²) in [6, 6.07) is 6.67. The number of aliphatic hydroxyl groups excluding tert-OH is 1. The first-order valence-electron chi connectivity index (χ1n) is 14.0. The number of rotatable bonds is 12. The Labute approximate surface area is 254 Å². The van der Waals surface area contributed by atoms with E-state index in [0.29, 0.717) is 0 Å². The summed E-state index contributed by atoms with van der Waals surface area (Å²) >= 11 is 0. The van der Waals surface area contributed by atoms with Gasteiger partial charge in [0.05, 0.1) is 24.8 Å². The Balaban J connectivity index is 1.56. The molecule has 44 heavy (non-hydrogen) atoms. The van der Waals surface area contributed by atoms with E-state index in [1.54, 1.807) is 25.1 Å². The summed E-state index contributed by atoms with van der Waals surface area (Å²) in [5.74, 6) is -4.77. The molecule has 16 heteroatoms. The van der Waals surface area contributed by atoms with Crippen LogP contribution in [0.25, 0.3) is 0 Å². The molecule has 0 bridgehead atoms. The lowest BCUT2D eigenvalue weighted by Crippen LogP contribution is -2.51. The van der Waals surface area contributed by atoms with E-state index in [9.17, 15) is 19.6 Å². The van der Waals surface area contributed by atoms with Crippen molar-refractivity contribution >= 4 is 31.6 Å². The topological polar surface area (TPSA) is 197 Å². The fraction of sp³-hybridized carbons (Fsp3) is 0.571. The van der Waals surface area contributed by atoms with Gasteiger partial charge in [-0.25, -0.2) is 13.9 Å². The number of aliphatic imine (C=N–C) groups is 1. The number of nitrogens with one attached hydrogen (secondary N) is 1. The van der Waals surface area contributed by atoms with Gasteiger partial charge < -0.3 is 34.7 Å². The zero-order chi connectivity index (χ0) is 32.5. The minimum Gasteiger partial charge on any atom is -0.476 e. The zero-order valence-electron chi connectivity index (χ0n) is 25.4. The zero-order valence-corrected chi connectivity index (χ0v) is 26.3. The molecule has 3 unspecified atom stereocenters. The number of nitrogen functional groups attached to an aromatic ring is 1. The molecule has 1 aromatic carbocycles. The molecule has 14 nitrogen and oxygen atoms in total. The normalized spacial score (nSPS) is 28.2. The van der Waals surface area contributed by atoms with Crippen molar-refractivity contribution in [1.29, 1.82) is 0 Å². The van der Waals surface area contributed by atoms with E-state index in [-0.39, 0.29) is 47.6 Å². The minimum absolute atomic E-state index is 0.0862. The van der Waals surface area contributed by atoms with E-state index in [1.165, 1.54) is 32.2 Å². The molecular formula is C28H39FN5O9P. The highest BCUT2D eigenvalue weighted by atomic mass is 31.2. The molecule has 4 rings (SSSR count). The van der Waals surface area contributed by atoms with Gasteiger partial charge in [-0.15, -0.1) is 0 Å². The molecule has 0 saturated carbocycles. The Bertz CT molecular complexity index is 1420. The number of fused-ring (bicyclic) bond motifs is 1. The highest BCUT2D eigenvalue weighted by molar-refractivity contribution is 7.52. The molecule has 7 atom stereocenters. The van der Waals surface area contributed by atoms with Crippen molar-refractivity contribution in [2.75, 3.05) is 25.6 Å². The second kappa shape index (κ2) is 12.7. The molecule has 1 fully saturated rings. The fourth-order valence-electron chi connectivity index (χ4n) is 4.63. The lowest BCUT2D eigenvalue weighted by Gasteiger charge is -2.29. The summed E-state index contributed by atoms with van der Waals surface area (Å²) in [7, 11) is -4.54. The third kappa shape index (κ3) is 7.36. The van der Waals surface area contributed by atoms with Crippen molar-refractivity contribution in [2.24, 2.45) is 10.4 Å². The molecule has 5 N–H and O–H groups in total. The van der Waals surface area contributed by atoms with Crippen LogP contribution in [-0.4, -0.2) is 81.9 Å². The molecule has 242 valence electrons. The Hall–Kier alpha value is -3.20. The third-order valence-corrected chi connectivity index (χ3v) is 8.42. The van der Waals surface area contributed by atoms with Crippen molar-refractivity contribution in [3.63, 3.8) is 0 Å². The molecular weight excluding hydrogens is 600 g/mol. The fourth-order valence-corrected chi connectivity index (χ4v) is 6.13. The standard InChI is InChI=1S/C28H39FN5O9P/c1-7-39-22-20-19(32-25(30)33-22)18(13-31-20)21-27(6,37)24(36)28(29,42-21)15-41-44(38,43-17-11-9-8-10-12-17)34-16(2)23(35)40-14-26(3,4)5/h8-13,16,18,21,24,36-37H,7,14-15H2,1-6H3,(H,34,38)(H2,30,32,33)/t16?,18?,21-,24-,27-,28+,44?/m0/s1. The SMILES string of the molecule is CCOc1nc(N)nc2c1N=CC2[C@@H]1O[C@](F)(COP(=O)(NC(C)C(=O)OCC(C)(C)C)Oc2ccccc2)[C@@H](O)[C@@]1(C)O. The number of nitrogens with two attached hydrogens (primary N) is 1. The van der Waals surface area contributed by atoms with E-state index in [4.69, 9.17) is 29.0 Å². The van der Waals surface area contributed by atoms with Crippen LogP contribution in [0.15, 0.2) is 35.3 Å². The average Bonchev–Trinajstić information content (AvgIpc) is 3.43. The number of esters is 1. The predicted molar refractivity (Wildman–Crippen MR) is 157 cm³/mol. The second-order valence-corrected chi connectivity index (χ2v) is 13.7. The van der Waals surface area contributed by atoms with Gasteiger partial charge in [-0.05, 0) is 38.3 Å². The van der Waals surface area contributed by atoms with Gasteiger partial charge in [0, 0.05) is 6.21 Å². The van der Waals surface area contributed by atoms with Crippen LogP contribution in [0.4, 0.5) is 16.0 Å². The number of hydrogen-bond donors (Lipinski definition) is 4. The number of nitrogens with zero attached hydrogens (tertiary/aromatic N) is 3. The van der Waals surface area contributed by atoms with Crippen LogP contribution in [0.2, 0.25) is 0 Å². The van der Waals surface area contributed by atoms with E-state index in [0.717, 1.165) is 0 Å². The Morgan fingerprint density at radius 3 is 2.59 bits per heavy atom. The summed E-state index contributed by atoms with van der Waals surface area (Å²) in [5.41, 5.74) is 3.72. The number of benzene rings is 1. The van der Waals surface area contributed by atoms with Gasteiger partial charge in [0.2, 0.25) is 11.8 Å². The highest BCUT2D eigenvalue weighted by Crippen LogP contribution is 2.52. The molecule has 1 aromatic heterocycles. The van der Waals surface area contributed by atoms with Crippen LogP contribution in [0.1, 0.15) is 53.2 Å². The van der Waals surface area contributed by atoms with Gasteiger partial charge in [-0.2, -0.15) is 10.1 Å². The monoisotopic (exact) mass is 639 g/mol. The van der Waals surface area contributed by atoms with Gasteiger partial charge in [0.1, 0.15) is 41.9 Å². The van der Waals surface area contributed by atoms with E-state index >= 15 is 4.39 Å². The molecule has 2 aromatic rings. The Kier molecular flexibility index (Phi) is 9.69. The maximum Gasteiger partial charge on any atom is 0.459 e. The smallest absolute Gasteiger partial charge is 0.459 e. The van der Waals surface area contributed by atoms with Crippen molar-refractivity contribution in [1.82, 2.24) is 15.1 Å². The number of carbonyl (C=O) groups excluding carboxylic acids is 1. The minimum atomic E-state index is -4.54. The summed E-state index contributed by atoms with van der Waals surface area (Å²) in [5, 5.41) is 24.7. The number of anilines is 1. The number of ether oxygens (including phenoxy) is 3. The third-order valence-electron chi connectivity index (χ3n) is 6.80. The van der Waals surface area contributed by atoms with Gasteiger partial charge >= 0.3 is 13.7 Å². The number of halogens is 1. The van der Waals surface area contributed by atoms with Crippen molar-refractivity contribution in [2.45, 2.75) is 77.2 Å². The number of carbonyl (C=O) groups is 1. The molecule has 0 radical (unpaired) electrons. The van der Waals surface area contributed by atoms with Gasteiger partial charge in [0.15, 0.2) is 0 Å². The lowest BCUT2D eigenvalue weighted by atomic mass is 9.84. The van der Waals surface area contributed by atoms with Crippen molar-refractivity contribution in [3.8, 4) is 11.6 Å². The molecule has 2 aliphatic rings. The maximum atomic E-state index is 16.4. The number of alkyl halides is 1. The largest absolute Gasteiger partial charge is 0.476 e. The van der Waals surface area contributed by atoms with Crippen LogP contribution < -0.4 is 20.1 Å². The maximum absolute atomic E-state index is 16.4. The first-order valence-corrected chi connectivity index (χ1v) is 15.6. The number of hydrogen-bond acceptors (Lipinski definition) is 13. The Morgan fingerprint density at radius 2 is 1.95 bits per heavy atom. The van der Waals surface area contributed by atoms with Crippen LogP contribution in [0.3, 0.4) is 0 Å². The first-order chi connectivity index (χ1) is 20.5. The van der Waals surface area contributed by atoms with Gasteiger partial charge in [-0.1, -0.05) is 39.0 Å². The van der Waals surface area contributed by atoms with E-state index in [1.807, 2.05) is 20.8 Å². The lowest BCUT2D eigenvalue weighted by molar-refractivity contribution is -0.193. The van der Waals surface area contributed by atoms with Crippen molar-refractivity contribution < 1.29 is 47.2 Å². The van der Waals surface area contributed by atoms with Crippen LogP contribution in [0, 0.1) is 5.41 Å². The second-order valence-electron chi connectivity index (χ2n) is 12.0. The molecule has 1 saturated heterocycles. The van der Waals surface area contributed by atoms with Gasteiger partial charge in [-0.3, -0.25) is 14.3 Å². The summed E-state index contributed by atoms with van der Waals surface area (Å²) in [4.78, 5) is 25.1. The molecule has 0 aliphatic carbocycles. The number of aromatic nitrogens is 2. The number of para-hydroxylation sites is 1. The van der Waals surface area contributed by atoms with Crippen LogP contribution >= 0.6 is 7.75 Å². The predicted octanol–water partition coefficient (Wildman–Crippen LogP) is 3.20. The van der Waals surface area contributed by atoms with Crippen molar-refractivity contribution in [3.05, 3.63) is 36.0 Å². The average molecular weight is 640 g/mol. The number of aliphatic hydroxyl groups is 2. The quantitative estimate of drug-likeness (QED) is 0.195. The van der Waals surface area contributed by atoms with E-state index in [2.05, 4.69) is 20.0 Å². The summed E-state index contributed by atoms with van der Waals surface area (Å²) in [6.07, 6.45) is -2.29. The Morgan fingerprint density at radius 1 is 1.27 bits per heavy atom. The summed E-state index contributed by atoms with van der Waals surface area (Å²) < 4.78 is 57.7. The molecule has 2 aliphatic heterocycles. The van der Waals surface area contributed by atoms with Crippen LogP contribution in [-0.2, 0) is 23.4 Å². The molecule has 0 amide bonds. The van der Waals surface area contributed by atoms with Gasteiger partial charge in [0.25, 0.3) is 5.85 Å². The summed E-state index contributed by atoms with van der Waals surface area (Å²) in [6.45, 7) is 9.08. The first kappa shape index (κ1) is 33.7. The van der Waals surface area contributed by atoms with E-state index < -0.39 is 55.9 Å². The van der Waals surface area contributed by atoms with Crippen LogP contribution in [0.5, 0.6) is 11.6 Å².